The molecule has 4 atom stereocenters. The number of aromatic nitrogens is 1. The molecule has 10 nitrogen and oxygen atoms in total. The predicted molar refractivity (Wildman–Crippen MR) is 168 cm³/mol. The number of thiazole rings is 1. The summed E-state index contributed by atoms with van der Waals surface area (Å²) in [6.07, 6.45) is -0.546. The Kier molecular flexibility index (Phi) is 10.6. The third-order valence-electron chi connectivity index (χ3n) is 6.89. The van der Waals surface area contributed by atoms with Gasteiger partial charge in [0.05, 0.1) is 35.1 Å². The lowest BCUT2D eigenvalue weighted by Gasteiger charge is -2.35. The fraction of sp³-hybridized carbons (Fsp3) is 0.552. The van der Waals surface area contributed by atoms with Crippen LogP contribution in [-0.4, -0.2) is 61.9 Å². The molecular weight excluding hydrogens is 657 g/mol. The Morgan fingerprint density at radius 3 is 2.29 bits per heavy atom. The summed E-state index contributed by atoms with van der Waals surface area (Å²) in [5.41, 5.74) is 9.33. The minimum absolute atomic E-state index is 0.00208. The van der Waals surface area contributed by atoms with Crippen LogP contribution in [0.3, 0.4) is 0 Å². The van der Waals surface area contributed by atoms with Gasteiger partial charge in [0.25, 0.3) is 3.91 Å². The molecule has 2 aromatic rings. The van der Waals surface area contributed by atoms with E-state index in [1.165, 1.54) is 4.90 Å². The van der Waals surface area contributed by atoms with Crippen LogP contribution in [0.2, 0.25) is 0 Å². The molecule has 1 aliphatic rings. The van der Waals surface area contributed by atoms with E-state index in [0.29, 0.717) is 0 Å². The Labute approximate surface area is 259 Å². The third kappa shape index (κ3) is 8.95. The number of esters is 1. The number of likely N-dealkylation sites (tertiary alicyclic amines) is 1. The molecule has 1 aromatic heterocycles. The lowest BCUT2D eigenvalue weighted by Crippen LogP contribution is -2.57. The number of amides is 3. The second kappa shape index (κ2) is 13.2. The van der Waals surface area contributed by atoms with E-state index in [2.05, 4.69) is 15.6 Å². The number of hydrogen-bond acceptors (Lipinski definition) is 8. The van der Waals surface area contributed by atoms with Crippen molar-refractivity contribution in [3.8, 4) is 10.4 Å². The van der Waals surface area contributed by atoms with Crippen LogP contribution in [-0.2, 0) is 19.1 Å². The van der Waals surface area contributed by atoms with Crippen LogP contribution in [0.15, 0.2) is 29.8 Å². The minimum Gasteiger partial charge on any atom is -0.460 e. The van der Waals surface area contributed by atoms with Crippen LogP contribution in [0.4, 0.5) is 4.79 Å². The molecule has 4 unspecified atom stereocenters. The van der Waals surface area contributed by atoms with Gasteiger partial charge in [-0.1, -0.05) is 45.0 Å². The van der Waals surface area contributed by atoms with E-state index < -0.39 is 41.0 Å². The molecule has 1 fully saturated rings. The molecule has 224 valence electrons. The van der Waals surface area contributed by atoms with Gasteiger partial charge in [0.1, 0.15) is 18.2 Å². The highest BCUT2D eigenvalue weighted by Gasteiger charge is 2.46. The van der Waals surface area contributed by atoms with Gasteiger partial charge in [0.15, 0.2) is 0 Å². The molecule has 1 aliphatic heterocycles. The van der Waals surface area contributed by atoms with E-state index in [0.717, 1.165) is 21.7 Å². The third-order valence-corrected chi connectivity index (χ3v) is 8.18. The molecule has 3 rings (SSSR count). The van der Waals surface area contributed by atoms with Crippen LogP contribution in [0.1, 0.15) is 71.7 Å². The minimum atomic E-state index is -0.885. The molecule has 41 heavy (non-hydrogen) atoms. The SMILES string of the molecule is Cc1ncsc1-c1ccc(C(C)NC(=O)C2CC(OC(=O)CC(C)(C)N)CN2C(=O)C(NC(=O)I)C(C)(C)C)cc1. The number of ether oxygens (including phenoxy) is 1. The molecule has 2 heterocycles. The second-order valence-electron chi connectivity index (χ2n) is 12.4. The molecule has 0 aliphatic carbocycles. The summed E-state index contributed by atoms with van der Waals surface area (Å²) in [5.74, 6) is -1.26. The van der Waals surface area contributed by atoms with Crippen LogP contribution in [0, 0.1) is 12.3 Å². The number of nitrogens with two attached hydrogens (primary N) is 1. The number of nitrogens with zero attached hydrogens (tertiary/aromatic N) is 2. The molecule has 1 aromatic carbocycles. The zero-order valence-corrected chi connectivity index (χ0v) is 27.6. The zero-order valence-electron chi connectivity index (χ0n) is 24.6. The summed E-state index contributed by atoms with van der Waals surface area (Å²) in [7, 11) is 0. The first-order valence-corrected chi connectivity index (χ1v) is 15.5. The number of nitrogens with one attached hydrogen (secondary N) is 2. The summed E-state index contributed by atoms with van der Waals surface area (Å²) in [6.45, 7) is 12.9. The van der Waals surface area contributed by atoms with Gasteiger partial charge >= 0.3 is 5.97 Å². The van der Waals surface area contributed by atoms with Gasteiger partial charge in [0.2, 0.25) is 11.8 Å². The summed E-state index contributed by atoms with van der Waals surface area (Å²) in [4.78, 5) is 58.7. The largest absolute Gasteiger partial charge is 0.460 e. The Balaban J connectivity index is 1.80. The lowest BCUT2D eigenvalue weighted by molar-refractivity contribution is -0.150. The summed E-state index contributed by atoms with van der Waals surface area (Å²) >= 11 is 3.16. The van der Waals surface area contributed by atoms with Crippen LogP contribution >= 0.6 is 33.9 Å². The van der Waals surface area contributed by atoms with Crippen LogP contribution < -0.4 is 16.4 Å². The molecule has 12 heteroatoms. The van der Waals surface area contributed by atoms with Crippen LogP contribution in [0.25, 0.3) is 10.4 Å². The highest BCUT2D eigenvalue weighted by Crippen LogP contribution is 2.30. The van der Waals surface area contributed by atoms with Crippen molar-refractivity contribution in [3.05, 3.63) is 41.0 Å². The molecule has 0 saturated carbocycles. The van der Waals surface area contributed by atoms with Gasteiger partial charge in [-0.3, -0.25) is 19.2 Å². The summed E-state index contributed by atoms with van der Waals surface area (Å²) in [5, 5.41) is 5.75. The molecule has 0 radical (unpaired) electrons. The normalized spacial score (nSPS) is 18.9. The molecule has 4 N–H and O–H groups in total. The van der Waals surface area contributed by atoms with E-state index in [4.69, 9.17) is 10.5 Å². The van der Waals surface area contributed by atoms with E-state index in [1.807, 2.05) is 64.4 Å². The number of rotatable bonds is 9. The smallest absolute Gasteiger partial charge is 0.307 e. The monoisotopic (exact) mass is 697 g/mol. The fourth-order valence-corrected chi connectivity index (χ4v) is 5.92. The van der Waals surface area contributed by atoms with Crippen molar-refractivity contribution in [1.29, 1.82) is 0 Å². The van der Waals surface area contributed by atoms with Gasteiger partial charge in [-0.25, -0.2) is 4.98 Å². The van der Waals surface area contributed by atoms with E-state index in [9.17, 15) is 19.2 Å². The first-order chi connectivity index (χ1) is 19.0. The average Bonchev–Trinajstić information content (AvgIpc) is 3.46. The Bertz CT molecular complexity index is 1270. The Morgan fingerprint density at radius 2 is 1.78 bits per heavy atom. The first kappa shape index (κ1) is 32.9. The van der Waals surface area contributed by atoms with Crippen molar-refractivity contribution in [3.63, 3.8) is 0 Å². The highest BCUT2D eigenvalue weighted by molar-refractivity contribution is 14.1. The molecule has 1 saturated heterocycles. The predicted octanol–water partition coefficient (Wildman–Crippen LogP) is 4.50. The van der Waals surface area contributed by atoms with Crippen LogP contribution in [0.5, 0.6) is 0 Å². The molecule has 0 spiro atoms. The van der Waals surface area contributed by atoms with E-state index in [-0.39, 0.29) is 35.2 Å². The number of carbonyl (C=O) groups is 4. The van der Waals surface area contributed by atoms with Gasteiger partial charge in [-0.2, -0.15) is 0 Å². The average molecular weight is 698 g/mol. The topological polar surface area (TPSA) is 144 Å². The van der Waals surface area contributed by atoms with Crippen molar-refractivity contribution in [2.75, 3.05) is 6.54 Å². The summed E-state index contributed by atoms with van der Waals surface area (Å²) in [6, 6.07) is 5.81. The van der Waals surface area contributed by atoms with E-state index in [1.54, 1.807) is 47.8 Å². The van der Waals surface area contributed by atoms with Gasteiger partial charge in [-0.05, 0) is 44.2 Å². The van der Waals surface area contributed by atoms with Gasteiger partial charge in [-0.15, -0.1) is 11.3 Å². The maximum absolute atomic E-state index is 13.8. The molecule has 0 bridgehead atoms. The maximum Gasteiger partial charge on any atom is 0.307 e. The van der Waals surface area contributed by atoms with Crippen molar-refractivity contribution in [2.24, 2.45) is 11.1 Å². The van der Waals surface area contributed by atoms with Crippen molar-refractivity contribution >= 4 is 55.6 Å². The molecular formula is C29H40IN5O5S. The highest BCUT2D eigenvalue weighted by atomic mass is 127. The Hall–Kier alpha value is -2.58. The maximum atomic E-state index is 13.8. The zero-order chi connectivity index (χ0) is 30.7. The number of carbonyl (C=O) groups excluding carboxylic acids is 4. The van der Waals surface area contributed by atoms with Crippen molar-refractivity contribution < 1.29 is 23.9 Å². The second-order valence-corrected chi connectivity index (χ2v) is 14.2. The number of benzene rings is 1. The van der Waals surface area contributed by atoms with Crippen molar-refractivity contribution in [1.82, 2.24) is 20.5 Å². The number of hydrogen-bond donors (Lipinski definition) is 3. The fourth-order valence-electron chi connectivity index (χ4n) is 4.80. The summed E-state index contributed by atoms with van der Waals surface area (Å²) < 4.78 is 5.28. The van der Waals surface area contributed by atoms with Crippen molar-refractivity contribution in [2.45, 2.75) is 91.1 Å². The van der Waals surface area contributed by atoms with Gasteiger partial charge in [0, 0.05) is 34.6 Å². The first-order valence-electron chi connectivity index (χ1n) is 13.5. The number of halogens is 1. The standard InChI is InChI=1S/C29H40IN5O5S/c1-16(18-8-10-19(11-9-18)23-17(2)32-15-41-23)33-25(37)21-12-20(40-22(36)13-29(6,7)31)14-35(21)26(38)24(28(3,4)5)34-27(30)39/h8-11,15-16,20-21,24H,12-14,31H2,1-7H3,(H,33,37)(H,34,39). The van der Waals surface area contributed by atoms with E-state index >= 15 is 0 Å². The molecule has 3 amide bonds. The van der Waals surface area contributed by atoms with Gasteiger partial charge < -0.3 is 26.0 Å². The lowest BCUT2D eigenvalue weighted by atomic mass is 9.85. The quantitative estimate of drug-likeness (QED) is 0.152. The Morgan fingerprint density at radius 1 is 1.15 bits per heavy atom. The number of aryl methyl sites for hydroxylation is 1.